The van der Waals surface area contributed by atoms with Crippen molar-refractivity contribution in [3.8, 4) is 0 Å². The molecule has 154 valence electrons. The first-order valence-electron chi connectivity index (χ1n) is 10.3. The average molecular weight is 408 g/mol. The Morgan fingerprint density at radius 1 is 1.23 bits per heavy atom. The second kappa shape index (κ2) is 6.25. The summed E-state index contributed by atoms with van der Waals surface area (Å²) < 4.78 is 21.6. The summed E-state index contributed by atoms with van der Waals surface area (Å²) in [5, 5.41) is 0. The molecule has 4 aliphatic rings. The zero-order valence-corrected chi connectivity index (χ0v) is 16.3. The molecule has 2 bridgehead atoms. The molecule has 4 aliphatic heterocycles. The van der Waals surface area contributed by atoms with Gasteiger partial charge in [0.25, 0.3) is 0 Å². The van der Waals surface area contributed by atoms with Crippen LogP contribution in [0.25, 0.3) is 0 Å². The minimum atomic E-state index is -0.788. The number of rotatable bonds is 2. The van der Waals surface area contributed by atoms with Crippen molar-refractivity contribution in [2.45, 2.75) is 31.2 Å². The number of hydrogen-bond acceptors (Lipinski definition) is 4. The van der Waals surface area contributed by atoms with Crippen LogP contribution >= 0.6 is 0 Å². The van der Waals surface area contributed by atoms with Gasteiger partial charge >= 0.3 is 0 Å². The van der Waals surface area contributed by atoms with E-state index in [1.54, 1.807) is 29.6 Å². The van der Waals surface area contributed by atoms with Gasteiger partial charge in [-0.2, -0.15) is 0 Å². The molecule has 1 aromatic carbocycles. The Bertz CT molecular complexity index is 1060. The van der Waals surface area contributed by atoms with Crippen molar-refractivity contribution < 1.29 is 18.7 Å². The lowest BCUT2D eigenvalue weighted by atomic mass is 9.76. The fraction of sp³-hybridized carbons (Fsp3) is 0.409. The molecule has 30 heavy (non-hydrogen) atoms. The molecular weight excluding hydrogens is 387 g/mol. The van der Waals surface area contributed by atoms with E-state index in [4.69, 9.17) is 4.74 Å². The van der Waals surface area contributed by atoms with Crippen molar-refractivity contribution in [3.63, 3.8) is 0 Å². The van der Waals surface area contributed by atoms with Crippen LogP contribution in [-0.4, -0.2) is 51.1 Å². The van der Waals surface area contributed by atoms with E-state index in [-0.39, 0.29) is 23.7 Å². The third kappa shape index (κ3) is 2.43. The Balaban J connectivity index is 1.31. The van der Waals surface area contributed by atoms with Gasteiger partial charge in [0.05, 0.1) is 43.1 Å². The number of carbonyl (C=O) groups is 2. The van der Waals surface area contributed by atoms with Gasteiger partial charge in [-0.1, -0.05) is 12.2 Å². The van der Waals surface area contributed by atoms with E-state index in [9.17, 15) is 14.0 Å². The number of nitrogens with zero attached hydrogens (tertiary/aromatic N) is 4. The molecule has 0 unspecified atom stereocenters. The van der Waals surface area contributed by atoms with Crippen molar-refractivity contribution in [1.82, 2.24) is 14.5 Å². The average Bonchev–Trinajstić information content (AvgIpc) is 3.47. The molecule has 2 saturated heterocycles. The number of halogens is 1. The Morgan fingerprint density at radius 2 is 2.07 bits per heavy atom. The highest BCUT2D eigenvalue weighted by Gasteiger charge is 2.67. The number of aryl methyl sites for hydroxylation is 1. The molecule has 2 fully saturated rings. The predicted octanol–water partition coefficient (Wildman–Crippen LogP) is 1.74. The number of amides is 2. The molecule has 7 nitrogen and oxygen atoms in total. The van der Waals surface area contributed by atoms with Crippen LogP contribution in [0.5, 0.6) is 0 Å². The van der Waals surface area contributed by atoms with E-state index in [0.717, 1.165) is 18.7 Å². The number of fused-ring (bicyclic) bond motifs is 2. The molecule has 0 saturated carbocycles. The van der Waals surface area contributed by atoms with Crippen LogP contribution in [0.3, 0.4) is 0 Å². The quantitative estimate of drug-likeness (QED) is 0.710. The van der Waals surface area contributed by atoms with Gasteiger partial charge < -0.3 is 19.1 Å². The molecule has 2 aromatic rings. The van der Waals surface area contributed by atoms with Crippen LogP contribution in [0.4, 0.5) is 10.1 Å². The number of anilines is 1. The zero-order chi connectivity index (χ0) is 20.5. The van der Waals surface area contributed by atoms with E-state index in [1.807, 2.05) is 17.1 Å². The highest BCUT2D eigenvalue weighted by atomic mass is 19.1. The summed E-state index contributed by atoms with van der Waals surface area (Å²) in [7, 11) is 0. The third-order valence-corrected chi connectivity index (χ3v) is 6.81. The Morgan fingerprint density at radius 3 is 2.90 bits per heavy atom. The van der Waals surface area contributed by atoms with Gasteiger partial charge in [-0.15, -0.1) is 0 Å². The Kier molecular flexibility index (Phi) is 3.71. The fourth-order valence-corrected chi connectivity index (χ4v) is 5.41. The third-order valence-electron chi connectivity index (χ3n) is 6.81. The summed E-state index contributed by atoms with van der Waals surface area (Å²) in [5.41, 5.74) is 0.834. The molecule has 0 aliphatic carbocycles. The van der Waals surface area contributed by atoms with Gasteiger partial charge in [0.2, 0.25) is 11.8 Å². The van der Waals surface area contributed by atoms with Crippen LogP contribution in [-0.2, 0) is 27.4 Å². The second-order valence-corrected chi connectivity index (χ2v) is 8.49. The number of hydrogen-bond donors (Lipinski definition) is 0. The van der Waals surface area contributed by atoms with Crippen LogP contribution in [0.15, 0.2) is 48.9 Å². The molecule has 2 amide bonds. The molecule has 1 spiro atoms. The molecule has 5 heterocycles. The largest absolute Gasteiger partial charge is 0.360 e. The van der Waals surface area contributed by atoms with Gasteiger partial charge in [-0.05, 0) is 30.7 Å². The van der Waals surface area contributed by atoms with Gasteiger partial charge in [-0.25, -0.2) is 9.37 Å². The minimum absolute atomic E-state index is 0.0415. The first-order valence-corrected chi connectivity index (χ1v) is 10.3. The number of ether oxygens (including phenoxy) is 1. The van der Waals surface area contributed by atoms with E-state index in [2.05, 4.69) is 9.55 Å². The van der Waals surface area contributed by atoms with Crippen LogP contribution in [0, 0.1) is 17.7 Å². The molecule has 4 atom stereocenters. The lowest BCUT2D eigenvalue weighted by molar-refractivity contribution is -0.140. The summed E-state index contributed by atoms with van der Waals surface area (Å²) in [6, 6.07) is 5.86. The van der Waals surface area contributed by atoms with Crippen LogP contribution in [0.1, 0.15) is 12.1 Å². The highest BCUT2D eigenvalue weighted by molar-refractivity contribution is 6.03. The Labute approximate surface area is 172 Å². The SMILES string of the molecule is O=C([C@@H]1[C@@H]2C=C[C@@]3(CN(c4ccc(F)cc4)C(=O)[C@H]13)O2)N1CCCn2cncc2C1. The summed E-state index contributed by atoms with van der Waals surface area (Å²) in [5.74, 6) is -1.62. The first-order chi connectivity index (χ1) is 14.6. The zero-order valence-electron chi connectivity index (χ0n) is 16.3. The van der Waals surface area contributed by atoms with Crippen molar-refractivity contribution in [2.24, 2.45) is 11.8 Å². The standard InChI is InChI=1S/C22H21FN4O3/c23-14-2-4-15(5-3-14)27-12-22-7-6-17(30-22)18(19(22)21(27)29)20(28)25-8-1-9-26-13-24-10-16(26)11-25/h2-7,10,13,17-19H,1,8-9,11-12H2/t17-,18+,19-,22-/m0/s1. The number of carbonyl (C=O) groups excluding carboxylic acids is 2. The van der Waals surface area contributed by atoms with Crippen molar-refractivity contribution in [3.05, 3.63) is 60.5 Å². The fourth-order valence-electron chi connectivity index (χ4n) is 5.41. The lowest BCUT2D eigenvalue weighted by Gasteiger charge is -2.29. The minimum Gasteiger partial charge on any atom is -0.360 e. The van der Waals surface area contributed by atoms with Crippen LogP contribution in [0.2, 0.25) is 0 Å². The highest BCUT2D eigenvalue weighted by Crippen LogP contribution is 2.53. The molecule has 6 rings (SSSR count). The van der Waals surface area contributed by atoms with Crippen LogP contribution < -0.4 is 4.90 Å². The summed E-state index contributed by atoms with van der Waals surface area (Å²) in [6.45, 7) is 2.30. The van der Waals surface area contributed by atoms with Gasteiger partial charge in [0.1, 0.15) is 11.4 Å². The van der Waals surface area contributed by atoms with Gasteiger partial charge in [-0.3, -0.25) is 9.59 Å². The number of aromatic nitrogens is 2. The number of imidazole rings is 1. The normalized spacial score (nSPS) is 31.8. The van der Waals surface area contributed by atoms with Gasteiger partial charge in [0, 0.05) is 25.0 Å². The molecule has 0 radical (unpaired) electrons. The summed E-state index contributed by atoms with van der Waals surface area (Å²) >= 11 is 0. The topological polar surface area (TPSA) is 67.7 Å². The molecule has 1 aromatic heterocycles. The predicted molar refractivity (Wildman–Crippen MR) is 105 cm³/mol. The van der Waals surface area contributed by atoms with E-state index < -0.39 is 17.4 Å². The number of benzene rings is 1. The maximum absolute atomic E-state index is 13.6. The van der Waals surface area contributed by atoms with E-state index in [1.165, 1.54) is 12.1 Å². The first kappa shape index (κ1) is 17.8. The van der Waals surface area contributed by atoms with E-state index in [0.29, 0.717) is 25.3 Å². The maximum Gasteiger partial charge on any atom is 0.234 e. The van der Waals surface area contributed by atoms with E-state index >= 15 is 0 Å². The lowest BCUT2D eigenvalue weighted by Crippen LogP contribution is -2.45. The summed E-state index contributed by atoms with van der Waals surface area (Å²) in [4.78, 5) is 34.7. The van der Waals surface area contributed by atoms with Crippen molar-refractivity contribution in [1.29, 1.82) is 0 Å². The maximum atomic E-state index is 13.6. The van der Waals surface area contributed by atoms with Crippen molar-refractivity contribution in [2.75, 3.05) is 18.0 Å². The monoisotopic (exact) mass is 408 g/mol. The molecular formula is C22H21FN4O3. The Hall–Kier alpha value is -3.00. The second-order valence-electron chi connectivity index (χ2n) is 8.49. The molecule has 8 heteroatoms. The summed E-state index contributed by atoms with van der Waals surface area (Å²) in [6.07, 6.45) is 7.90. The van der Waals surface area contributed by atoms with Crippen molar-refractivity contribution >= 4 is 17.5 Å². The van der Waals surface area contributed by atoms with Gasteiger partial charge in [0.15, 0.2) is 0 Å². The smallest absolute Gasteiger partial charge is 0.234 e. The molecule has 0 N–H and O–H groups in total.